The van der Waals surface area contributed by atoms with Gasteiger partial charge in [0.15, 0.2) is 5.96 Å². The lowest BCUT2D eigenvalue weighted by atomic mass is 10.2. The van der Waals surface area contributed by atoms with Gasteiger partial charge >= 0.3 is 0 Å². The lowest BCUT2D eigenvalue weighted by Gasteiger charge is -2.12. The molecule has 0 atom stereocenters. The van der Waals surface area contributed by atoms with Gasteiger partial charge in [-0.2, -0.15) is 0 Å². The number of aliphatic imine (C=N–C) groups is 1. The highest BCUT2D eigenvalue weighted by Crippen LogP contribution is 2.11. The molecule has 0 unspecified atom stereocenters. The monoisotopic (exact) mass is 467 g/mol. The maximum Gasteiger partial charge on any atom is 0.224 e. The number of carbonyl (C=O) groups excluding carboxylic acids is 1. The zero-order valence-corrected chi connectivity index (χ0v) is 17.5. The molecule has 1 amide bonds. The third-order valence-electron chi connectivity index (χ3n) is 3.53. The fourth-order valence-electron chi connectivity index (χ4n) is 2.29. The summed E-state index contributed by atoms with van der Waals surface area (Å²) in [5.74, 6) is 0.742. The van der Waals surface area contributed by atoms with Gasteiger partial charge in [0.25, 0.3) is 0 Å². The van der Waals surface area contributed by atoms with Crippen LogP contribution in [-0.4, -0.2) is 23.9 Å². The maximum absolute atomic E-state index is 11.7. The summed E-state index contributed by atoms with van der Waals surface area (Å²) >= 11 is 0. The van der Waals surface area contributed by atoms with Crippen LogP contribution in [0.15, 0.2) is 53.7 Å². The number of carbonyl (C=O) groups is 1. The van der Waals surface area contributed by atoms with Crippen molar-refractivity contribution in [1.82, 2.24) is 15.6 Å². The number of amides is 1. The minimum absolute atomic E-state index is 0. The van der Waals surface area contributed by atoms with E-state index in [0.29, 0.717) is 25.5 Å². The van der Waals surface area contributed by atoms with Crippen LogP contribution in [-0.2, 0) is 17.9 Å². The molecule has 0 radical (unpaired) electrons. The molecule has 6 nitrogen and oxygen atoms in total. The van der Waals surface area contributed by atoms with Gasteiger partial charge in [-0.25, -0.2) is 0 Å². The Morgan fingerprint density at radius 2 is 1.92 bits per heavy atom. The summed E-state index contributed by atoms with van der Waals surface area (Å²) in [5, 5.41) is 9.40. The summed E-state index contributed by atoms with van der Waals surface area (Å²) in [4.78, 5) is 20.2. The molecule has 26 heavy (non-hydrogen) atoms. The van der Waals surface area contributed by atoms with Gasteiger partial charge in [-0.1, -0.05) is 25.1 Å². The minimum atomic E-state index is 0. The first-order valence-corrected chi connectivity index (χ1v) is 8.44. The number of nitrogens with one attached hydrogen (secondary N) is 3. The molecule has 1 aromatic carbocycles. The Labute approximate surface area is 171 Å². The van der Waals surface area contributed by atoms with E-state index in [2.05, 4.69) is 25.9 Å². The van der Waals surface area contributed by atoms with Crippen molar-refractivity contribution >= 4 is 41.5 Å². The van der Waals surface area contributed by atoms with E-state index in [9.17, 15) is 4.79 Å². The zero-order valence-electron chi connectivity index (χ0n) is 15.2. The molecule has 0 spiro atoms. The summed E-state index contributed by atoms with van der Waals surface area (Å²) in [6.45, 7) is 3.20. The Bertz CT molecular complexity index is 706. The predicted octanol–water partition coefficient (Wildman–Crippen LogP) is 3.30. The number of guanidine groups is 1. The maximum atomic E-state index is 11.7. The Morgan fingerprint density at radius 1 is 1.12 bits per heavy atom. The number of hydrogen-bond acceptors (Lipinski definition) is 3. The lowest BCUT2D eigenvalue weighted by Crippen LogP contribution is -2.36. The van der Waals surface area contributed by atoms with E-state index in [4.69, 9.17) is 0 Å². The molecule has 0 saturated heterocycles. The van der Waals surface area contributed by atoms with E-state index in [0.717, 1.165) is 23.4 Å². The molecule has 7 heteroatoms. The predicted molar refractivity (Wildman–Crippen MR) is 117 cm³/mol. The standard InChI is InChI=1S/C19H25N5O.HI/c1-3-7-18(25)24-16-10-6-8-15(12-16)13-22-19(20-2)23-14-17-9-4-5-11-21-17;/h4-6,8-12H,3,7,13-14H2,1-2H3,(H,24,25)(H2,20,22,23);1H. The minimum Gasteiger partial charge on any atom is -0.352 e. The first kappa shape index (κ1) is 21.9. The molecule has 1 aromatic heterocycles. The Balaban J connectivity index is 0.00000338. The summed E-state index contributed by atoms with van der Waals surface area (Å²) in [5.41, 5.74) is 2.83. The largest absolute Gasteiger partial charge is 0.352 e. The SMILES string of the molecule is CCCC(=O)Nc1cccc(CNC(=NC)NCc2ccccn2)c1.I. The van der Waals surface area contributed by atoms with Crippen molar-refractivity contribution in [3.05, 3.63) is 59.9 Å². The van der Waals surface area contributed by atoms with Crippen LogP contribution in [0.4, 0.5) is 5.69 Å². The zero-order chi connectivity index (χ0) is 17.9. The number of pyridine rings is 1. The van der Waals surface area contributed by atoms with Crippen LogP contribution in [0, 0.1) is 0 Å². The van der Waals surface area contributed by atoms with Gasteiger partial charge in [0.2, 0.25) is 5.91 Å². The van der Waals surface area contributed by atoms with Crippen molar-refractivity contribution in [2.24, 2.45) is 4.99 Å². The van der Waals surface area contributed by atoms with Gasteiger partial charge in [-0.3, -0.25) is 14.8 Å². The molecule has 140 valence electrons. The molecule has 0 bridgehead atoms. The molecule has 2 rings (SSSR count). The van der Waals surface area contributed by atoms with Gasteiger partial charge in [-0.15, -0.1) is 24.0 Å². The van der Waals surface area contributed by atoms with Gasteiger partial charge in [0.05, 0.1) is 12.2 Å². The Hall–Kier alpha value is -2.16. The first-order valence-electron chi connectivity index (χ1n) is 8.44. The van der Waals surface area contributed by atoms with Crippen LogP contribution >= 0.6 is 24.0 Å². The van der Waals surface area contributed by atoms with Crippen molar-refractivity contribution in [3.63, 3.8) is 0 Å². The number of benzene rings is 1. The highest BCUT2D eigenvalue weighted by molar-refractivity contribution is 14.0. The van der Waals surface area contributed by atoms with Crippen molar-refractivity contribution < 1.29 is 4.79 Å². The van der Waals surface area contributed by atoms with Gasteiger partial charge in [0, 0.05) is 31.9 Å². The molecule has 1 heterocycles. The molecular formula is C19H26IN5O. The number of rotatable bonds is 7. The summed E-state index contributed by atoms with van der Waals surface area (Å²) in [7, 11) is 1.73. The topological polar surface area (TPSA) is 78.4 Å². The van der Waals surface area contributed by atoms with Gasteiger partial charge < -0.3 is 16.0 Å². The van der Waals surface area contributed by atoms with E-state index in [1.807, 2.05) is 49.4 Å². The second-order valence-electron chi connectivity index (χ2n) is 5.60. The number of nitrogens with zero attached hydrogens (tertiary/aromatic N) is 2. The normalized spacial score (nSPS) is 10.6. The molecule has 3 N–H and O–H groups in total. The molecule has 0 fully saturated rings. The van der Waals surface area contributed by atoms with Gasteiger partial charge in [-0.05, 0) is 36.2 Å². The quantitative estimate of drug-likeness (QED) is 0.332. The van der Waals surface area contributed by atoms with Crippen LogP contribution in [0.1, 0.15) is 31.0 Å². The lowest BCUT2D eigenvalue weighted by molar-refractivity contribution is -0.116. The van der Waals surface area contributed by atoms with E-state index < -0.39 is 0 Å². The smallest absolute Gasteiger partial charge is 0.224 e. The van der Waals surface area contributed by atoms with E-state index in [-0.39, 0.29) is 29.9 Å². The van der Waals surface area contributed by atoms with Crippen molar-refractivity contribution in [2.75, 3.05) is 12.4 Å². The number of halogens is 1. The summed E-state index contributed by atoms with van der Waals surface area (Å²) in [6, 6.07) is 13.6. The second-order valence-corrected chi connectivity index (χ2v) is 5.60. The number of anilines is 1. The second kappa shape index (κ2) is 12.2. The number of aromatic nitrogens is 1. The molecule has 0 saturated carbocycles. The van der Waals surface area contributed by atoms with Crippen LogP contribution in [0.2, 0.25) is 0 Å². The van der Waals surface area contributed by atoms with Crippen LogP contribution < -0.4 is 16.0 Å². The average Bonchev–Trinajstić information content (AvgIpc) is 2.63. The summed E-state index contributed by atoms with van der Waals surface area (Å²) in [6.07, 6.45) is 3.14. The third-order valence-corrected chi connectivity index (χ3v) is 3.53. The molecule has 0 aliphatic heterocycles. The van der Waals surface area contributed by atoms with Crippen molar-refractivity contribution in [1.29, 1.82) is 0 Å². The third kappa shape index (κ3) is 7.81. The van der Waals surface area contributed by atoms with Crippen molar-refractivity contribution in [3.8, 4) is 0 Å². The van der Waals surface area contributed by atoms with Crippen LogP contribution in [0.25, 0.3) is 0 Å². The fourth-order valence-corrected chi connectivity index (χ4v) is 2.29. The average molecular weight is 467 g/mol. The Morgan fingerprint density at radius 3 is 2.62 bits per heavy atom. The number of hydrogen-bond donors (Lipinski definition) is 3. The van der Waals surface area contributed by atoms with Crippen molar-refractivity contribution in [2.45, 2.75) is 32.9 Å². The molecule has 0 aliphatic rings. The Kier molecular flexibility index (Phi) is 10.3. The summed E-state index contributed by atoms with van der Waals surface area (Å²) < 4.78 is 0. The van der Waals surface area contributed by atoms with E-state index in [1.54, 1.807) is 13.2 Å². The molecule has 2 aromatic rings. The highest BCUT2D eigenvalue weighted by atomic mass is 127. The highest BCUT2D eigenvalue weighted by Gasteiger charge is 2.03. The van der Waals surface area contributed by atoms with Gasteiger partial charge in [0.1, 0.15) is 0 Å². The van der Waals surface area contributed by atoms with E-state index >= 15 is 0 Å². The van der Waals surface area contributed by atoms with Crippen LogP contribution in [0.5, 0.6) is 0 Å². The molecule has 0 aliphatic carbocycles. The molecular weight excluding hydrogens is 441 g/mol. The fraction of sp³-hybridized carbons (Fsp3) is 0.316. The first-order chi connectivity index (χ1) is 12.2. The van der Waals surface area contributed by atoms with E-state index in [1.165, 1.54) is 0 Å². The van der Waals surface area contributed by atoms with Crippen LogP contribution in [0.3, 0.4) is 0 Å².